The summed E-state index contributed by atoms with van der Waals surface area (Å²) in [6.45, 7) is 2.30. The second kappa shape index (κ2) is 11.9. The molecule has 0 spiro atoms. The van der Waals surface area contributed by atoms with Crippen molar-refractivity contribution in [3.8, 4) is 22.8 Å². The predicted octanol–water partition coefficient (Wildman–Crippen LogP) is 2.51. The van der Waals surface area contributed by atoms with Crippen LogP contribution in [0.1, 0.15) is 18.4 Å². The van der Waals surface area contributed by atoms with Gasteiger partial charge in [-0.15, -0.1) is 0 Å². The Balaban J connectivity index is 0.982. The van der Waals surface area contributed by atoms with Gasteiger partial charge in [0.05, 0.1) is 24.5 Å². The number of benzene rings is 1. The van der Waals surface area contributed by atoms with Gasteiger partial charge in [-0.05, 0) is 43.1 Å². The van der Waals surface area contributed by atoms with Crippen molar-refractivity contribution in [3.63, 3.8) is 0 Å². The van der Waals surface area contributed by atoms with Crippen molar-refractivity contribution in [1.29, 1.82) is 0 Å². The van der Waals surface area contributed by atoms with Gasteiger partial charge < -0.3 is 34.9 Å². The Kier molecular flexibility index (Phi) is 7.68. The largest absolute Gasteiger partial charge is 0.490 e. The molecule has 2 aromatic heterocycles. The molecule has 218 valence electrons. The number of aromatic nitrogens is 3. The van der Waals surface area contributed by atoms with Gasteiger partial charge in [0.1, 0.15) is 24.3 Å². The van der Waals surface area contributed by atoms with Crippen LogP contribution < -0.4 is 25.0 Å². The molecule has 3 N–H and O–H groups in total. The maximum Gasteiger partial charge on any atom is 0.415 e. The zero-order chi connectivity index (χ0) is 29.1. The number of amides is 3. The van der Waals surface area contributed by atoms with E-state index in [1.54, 1.807) is 18.2 Å². The van der Waals surface area contributed by atoms with Crippen LogP contribution in [-0.4, -0.2) is 88.3 Å². The monoisotopic (exact) mass is 575 g/mol. The zero-order valence-electron chi connectivity index (χ0n) is 22.6. The molecule has 6 rings (SSSR count). The fourth-order valence-electron chi connectivity index (χ4n) is 4.93. The van der Waals surface area contributed by atoms with Gasteiger partial charge >= 0.3 is 12.2 Å². The van der Waals surface area contributed by atoms with Crippen LogP contribution in [0.3, 0.4) is 0 Å². The highest BCUT2D eigenvalue weighted by atomic mass is 16.6. The van der Waals surface area contributed by atoms with Crippen molar-refractivity contribution in [1.82, 2.24) is 25.4 Å². The van der Waals surface area contributed by atoms with Gasteiger partial charge in [0, 0.05) is 24.7 Å². The van der Waals surface area contributed by atoms with Crippen LogP contribution in [0.25, 0.3) is 11.3 Å². The van der Waals surface area contributed by atoms with Crippen molar-refractivity contribution in [3.05, 3.63) is 54.2 Å². The van der Waals surface area contributed by atoms with Crippen LogP contribution in [0.2, 0.25) is 0 Å². The van der Waals surface area contributed by atoms with Gasteiger partial charge in [-0.3, -0.25) is 9.69 Å². The number of carbonyl (C=O) groups is 3. The first-order valence-corrected chi connectivity index (χ1v) is 13.6. The molecule has 2 fully saturated rings. The third kappa shape index (κ3) is 6.02. The summed E-state index contributed by atoms with van der Waals surface area (Å²) in [7, 11) is 0. The Bertz CT molecular complexity index is 1500. The SMILES string of the molecule is O=C1COc2ccc(N3C[C@H](CCNCc4cccc(-c5cc(OC[C@@H]6CCN6C(=O)O)cnn5)c4)OC3=O)nc2N1. The highest BCUT2D eigenvalue weighted by molar-refractivity contribution is 5.95. The molecule has 14 heteroatoms. The summed E-state index contributed by atoms with van der Waals surface area (Å²) in [4.78, 5) is 42.4. The van der Waals surface area contributed by atoms with Gasteiger partial charge in [0.15, 0.2) is 18.2 Å². The van der Waals surface area contributed by atoms with E-state index in [-0.39, 0.29) is 37.1 Å². The third-order valence-corrected chi connectivity index (χ3v) is 7.27. The molecule has 0 unspecified atom stereocenters. The van der Waals surface area contributed by atoms with Gasteiger partial charge in [-0.2, -0.15) is 10.2 Å². The zero-order valence-corrected chi connectivity index (χ0v) is 22.6. The summed E-state index contributed by atoms with van der Waals surface area (Å²) in [5, 5.41) is 23.5. The molecule has 42 heavy (non-hydrogen) atoms. The molecular formula is C28H29N7O7. The molecule has 0 aliphatic carbocycles. The number of ether oxygens (including phenoxy) is 3. The fourth-order valence-corrected chi connectivity index (χ4v) is 4.93. The number of nitrogens with zero attached hydrogens (tertiary/aromatic N) is 5. The average molecular weight is 576 g/mol. The molecule has 3 aliphatic heterocycles. The Labute approximate surface area is 240 Å². The third-order valence-electron chi connectivity index (χ3n) is 7.27. The lowest BCUT2D eigenvalue weighted by Crippen LogP contribution is -2.53. The summed E-state index contributed by atoms with van der Waals surface area (Å²) in [6.07, 6.45) is 1.18. The fraction of sp³-hybridized carbons (Fsp3) is 0.357. The maximum atomic E-state index is 12.5. The molecule has 5 heterocycles. The van der Waals surface area contributed by atoms with Crippen LogP contribution in [0.15, 0.2) is 48.7 Å². The number of carboxylic acid groups (broad SMARTS) is 1. The number of cyclic esters (lactones) is 1. The van der Waals surface area contributed by atoms with Gasteiger partial charge in [-0.1, -0.05) is 18.2 Å². The summed E-state index contributed by atoms with van der Waals surface area (Å²) in [5.41, 5.74) is 2.57. The summed E-state index contributed by atoms with van der Waals surface area (Å²) >= 11 is 0. The van der Waals surface area contributed by atoms with E-state index in [2.05, 4.69) is 25.8 Å². The lowest BCUT2D eigenvalue weighted by atomic mass is 10.1. The molecule has 3 amide bonds. The van der Waals surface area contributed by atoms with Crippen LogP contribution in [0.4, 0.5) is 21.2 Å². The Morgan fingerprint density at radius 2 is 2.12 bits per heavy atom. The van der Waals surface area contributed by atoms with E-state index in [0.717, 1.165) is 17.5 Å². The first kappa shape index (κ1) is 27.2. The molecule has 2 saturated heterocycles. The minimum absolute atomic E-state index is 0.0631. The van der Waals surface area contributed by atoms with E-state index in [1.807, 2.05) is 24.3 Å². The first-order valence-electron chi connectivity index (χ1n) is 13.6. The molecular weight excluding hydrogens is 546 g/mol. The lowest BCUT2D eigenvalue weighted by molar-refractivity contribution is -0.118. The van der Waals surface area contributed by atoms with Crippen LogP contribution in [0, 0.1) is 0 Å². The molecule has 0 radical (unpaired) electrons. The number of hydrogen-bond donors (Lipinski definition) is 3. The lowest BCUT2D eigenvalue weighted by Gasteiger charge is -2.38. The van der Waals surface area contributed by atoms with Gasteiger partial charge in [0.2, 0.25) is 0 Å². The van der Waals surface area contributed by atoms with Crippen molar-refractivity contribution >= 4 is 29.7 Å². The van der Waals surface area contributed by atoms with E-state index >= 15 is 0 Å². The van der Waals surface area contributed by atoms with Crippen molar-refractivity contribution in [2.24, 2.45) is 0 Å². The number of likely N-dealkylation sites (tertiary alicyclic amines) is 1. The molecule has 1 aromatic carbocycles. The van der Waals surface area contributed by atoms with E-state index in [0.29, 0.717) is 55.6 Å². The van der Waals surface area contributed by atoms with Crippen LogP contribution >= 0.6 is 0 Å². The first-order chi connectivity index (χ1) is 20.4. The Morgan fingerprint density at radius 1 is 1.21 bits per heavy atom. The summed E-state index contributed by atoms with van der Waals surface area (Å²) in [6, 6.07) is 12.9. The smallest absolute Gasteiger partial charge is 0.415 e. The van der Waals surface area contributed by atoms with Gasteiger partial charge in [0.25, 0.3) is 5.91 Å². The molecule has 3 aliphatic rings. The van der Waals surface area contributed by atoms with Crippen molar-refractivity contribution in [2.45, 2.75) is 31.5 Å². The minimum Gasteiger partial charge on any atom is -0.490 e. The number of nitrogens with one attached hydrogen (secondary N) is 2. The molecule has 0 saturated carbocycles. The second-order valence-electron chi connectivity index (χ2n) is 10.1. The van der Waals surface area contributed by atoms with Crippen molar-refractivity contribution in [2.75, 3.05) is 43.1 Å². The topological polar surface area (TPSA) is 168 Å². The average Bonchev–Trinajstić information content (AvgIpc) is 3.34. The van der Waals surface area contributed by atoms with E-state index in [1.165, 1.54) is 16.0 Å². The summed E-state index contributed by atoms with van der Waals surface area (Å²) in [5.74, 6) is 1.37. The minimum atomic E-state index is -0.934. The molecule has 2 atom stereocenters. The van der Waals surface area contributed by atoms with Crippen LogP contribution in [0.5, 0.6) is 11.5 Å². The number of hydrogen-bond acceptors (Lipinski definition) is 10. The number of anilines is 2. The normalized spacial score (nSPS) is 19.3. The highest BCUT2D eigenvalue weighted by Gasteiger charge is 2.34. The van der Waals surface area contributed by atoms with E-state index in [9.17, 15) is 14.4 Å². The van der Waals surface area contributed by atoms with Crippen molar-refractivity contribution < 1.29 is 33.7 Å². The summed E-state index contributed by atoms with van der Waals surface area (Å²) < 4.78 is 16.7. The number of carbonyl (C=O) groups excluding carboxylic acids is 2. The number of rotatable bonds is 10. The number of pyridine rings is 1. The van der Waals surface area contributed by atoms with E-state index < -0.39 is 12.2 Å². The maximum absolute atomic E-state index is 12.5. The van der Waals surface area contributed by atoms with E-state index in [4.69, 9.17) is 19.3 Å². The predicted molar refractivity (Wildman–Crippen MR) is 148 cm³/mol. The number of fused-ring (bicyclic) bond motifs is 1. The quantitative estimate of drug-likeness (QED) is 0.304. The standard InChI is InChI=1S/C28H29N7O7/c36-25-16-41-23-4-5-24(31-26(23)32-25)35-14-20(42-28(35)39)6-8-29-12-17-2-1-3-18(10-17)22-11-21(13-30-33-22)40-15-19-7-9-34(19)27(37)38/h1-5,10-11,13,19-20,29H,6-9,12,14-16H2,(H,37,38)(H,31,32,36)/t19-,20-/m0/s1. The molecule has 14 nitrogen and oxygen atoms in total. The molecule has 0 bridgehead atoms. The second-order valence-corrected chi connectivity index (χ2v) is 10.1. The Morgan fingerprint density at radius 3 is 2.95 bits per heavy atom. The van der Waals surface area contributed by atoms with Gasteiger partial charge in [-0.25, -0.2) is 14.6 Å². The highest BCUT2D eigenvalue weighted by Crippen LogP contribution is 2.30. The van der Waals surface area contributed by atoms with Crippen LogP contribution in [-0.2, 0) is 16.1 Å². The molecule has 3 aromatic rings. The Hall–Kier alpha value is -4.98.